The smallest absolute Gasteiger partial charge is 0.326 e. The summed E-state index contributed by atoms with van der Waals surface area (Å²) in [4.78, 5) is 47.6. The van der Waals surface area contributed by atoms with Gasteiger partial charge in [0.2, 0.25) is 0 Å². The highest BCUT2D eigenvalue weighted by molar-refractivity contribution is 6.32. The second kappa shape index (κ2) is 8.61. The van der Waals surface area contributed by atoms with Crippen molar-refractivity contribution in [1.82, 2.24) is 10.2 Å². The molecule has 0 spiro atoms. The van der Waals surface area contributed by atoms with Crippen LogP contribution >= 0.6 is 11.6 Å². The number of nitrogens with zero attached hydrogens (tertiary/aromatic N) is 2. The third-order valence-electron chi connectivity index (χ3n) is 3.87. The summed E-state index contributed by atoms with van der Waals surface area (Å²) in [5, 5.41) is 13.0. The van der Waals surface area contributed by atoms with Crippen LogP contribution in [0.4, 0.5) is 5.69 Å². The average molecular weight is 384 g/mol. The Hall–Kier alpha value is -2.68. The number of esters is 1. The Bertz CT molecular complexity index is 733. The largest absolute Gasteiger partial charge is 0.451 e. The third-order valence-corrected chi connectivity index (χ3v) is 4.19. The molecule has 0 bridgehead atoms. The second-order valence-electron chi connectivity index (χ2n) is 5.77. The molecule has 26 heavy (non-hydrogen) atoms. The lowest BCUT2D eigenvalue weighted by Gasteiger charge is -2.20. The lowest BCUT2D eigenvalue weighted by molar-refractivity contribution is -0.384. The van der Waals surface area contributed by atoms with Crippen molar-refractivity contribution in [1.29, 1.82) is 0 Å². The van der Waals surface area contributed by atoms with Gasteiger partial charge >= 0.3 is 5.97 Å². The zero-order valence-electron chi connectivity index (χ0n) is 14.1. The predicted octanol–water partition coefficient (Wildman–Crippen LogP) is 1.53. The van der Waals surface area contributed by atoms with Gasteiger partial charge in [0.05, 0.1) is 4.92 Å². The van der Waals surface area contributed by atoms with E-state index in [1.54, 1.807) is 4.90 Å². The molecular weight excluding hydrogens is 366 g/mol. The van der Waals surface area contributed by atoms with Gasteiger partial charge in [0.15, 0.2) is 6.10 Å². The van der Waals surface area contributed by atoms with E-state index in [1.165, 1.54) is 19.1 Å². The number of ether oxygens (including phenoxy) is 1. The molecule has 10 heteroatoms. The Kier molecular flexibility index (Phi) is 6.51. The molecule has 1 fully saturated rings. The first-order chi connectivity index (χ1) is 12.3. The summed E-state index contributed by atoms with van der Waals surface area (Å²) in [5.74, 6) is -1.74. The van der Waals surface area contributed by atoms with E-state index in [-0.39, 0.29) is 16.5 Å². The molecule has 1 atom stereocenters. The molecular formula is C16H18ClN3O6. The number of nitro groups is 1. The van der Waals surface area contributed by atoms with Crippen molar-refractivity contribution >= 4 is 35.1 Å². The summed E-state index contributed by atoms with van der Waals surface area (Å²) in [6.07, 6.45) is 0.917. The molecule has 1 saturated heterocycles. The molecule has 140 valence electrons. The number of carbonyl (C=O) groups excluding carboxylic acids is 3. The maximum Gasteiger partial charge on any atom is 0.326 e. The first-order valence-corrected chi connectivity index (χ1v) is 8.38. The van der Waals surface area contributed by atoms with Crippen LogP contribution in [0.25, 0.3) is 0 Å². The van der Waals surface area contributed by atoms with Crippen molar-refractivity contribution in [2.45, 2.75) is 25.9 Å². The van der Waals surface area contributed by atoms with Crippen LogP contribution in [0.2, 0.25) is 5.02 Å². The molecule has 1 aromatic rings. The van der Waals surface area contributed by atoms with Crippen LogP contribution in [0, 0.1) is 10.1 Å². The van der Waals surface area contributed by atoms with Crippen LogP contribution in [0.1, 0.15) is 30.1 Å². The normalized spacial score (nSPS) is 14.6. The van der Waals surface area contributed by atoms with Gasteiger partial charge in [0.1, 0.15) is 11.6 Å². The van der Waals surface area contributed by atoms with Crippen LogP contribution in [-0.4, -0.2) is 53.3 Å². The molecule has 1 aliphatic heterocycles. The van der Waals surface area contributed by atoms with E-state index in [0.29, 0.717) is 13.1 Å². The molecule has 0 aromatic heterocycles. The van der Waals surface area contributed by atoms with Gasteiger partial charge in [0.25, 0.3) is 17.5 Å². The number of benzene rings is 1. The molecule has 0 saturated carbocycles. The fraction of sp³-hybridized carbons (Fsp3) is 0.438. The number of nitrogens with one attached hydrogen (secondary N) is 1. The number of likely N-dealkylation sites (tertiary alicyclic amines) is 1. The summed E-state index contributed by atoms with van der Waals surface area (Å²) in [6.45, 7) is 2.30. The van der Waals surface area contributed by atoms with Crippen LogP contribution < -0.4 is 5.32 Å². The maximum absolute atomic E-state index is 12.1. The molecule has 2 rings (SSSR count). The van der Waals surface area contributed by atoms with E-state index in [2.05, 4.69) is 5.32 Å². The molecule has 2 amide bonds. The summed E-state index contributed by atoms with van der Waals surface area (Å²) in [6, 6.07) is 3.54. The zero-order valence-corrected chi connectivity index (χ0v) is 14.8. The van der Waals surface area contributed by atoms with Gasteiger partial charge in [-0.1, -0.05) is 11.6 Å². The molecule has 9 nitrogen and oxygen atoms in total. The molecule has 1 aromatic carbocycles. The Balaban J connectivity index is 1.86. The van der Waals surface area contributed by atoms with Crippen molar-refractivity contribution in [3.63, 3.8) is 0 Å². The van der Waals surface area contributed by atoms with Gasteiger partial charge in [-0.3, -0.25) is 24.5 Å². The van der Waals surface area contributed by atoms with Crippen molar-refractivity contribution in [2.24, 2.45) is 0 Å². The first-order valence-electron chi connectivity index (χ1n) is 8.00. The van der Waals surface area contributed by atoms with Gasteiger partial charge in [0, 0.05) is 24.7 Å². The summed E-state index contributed by atoms with van der Waals surface area (Å²) < 4.78 is 5.02. The highest BCUT2D eigenvalue weighted by atomic mass is 35.5. The molecule has 0 unspecified atom stereocenters. The van der Waals surface area contributed by atoms with Crippen molar-refractivity contribution < 1.29 is 24.0 Å². The quantitative estimate of drug-likeness (QED) is 0.452. The van der Waals surface area contributed by atoms with E-state index >= 15 is 0 Å². The molecule has 0 aliphatic carbocycles. The molecule has 1 N–H and O–H groups in total. The summed E-state index contributed by atoms with van der Waals surface area (Å²) in [5.41, 5.74) is -0.429. The summed E-state index contributed by atoms with van der Waals surface area (Å²) >= 11 is 5.68. The standard InChI is InChI=1S/C16H18ClN3O6/c1-10(16(23)19-6-2-3-7-19)26-14(21)9-18-15(22)11-4-5-12(17)13(8-11)20(24)25/h4-5,8,10H,2-3,6-7,9H2,1H3,(H,18,22)/t10-/m0/s1. The zero-order chi connectivity index (χ0) is 19.3. The van der Waals surface area contributed by atoms with Gasteiger partial charge in [-0.15, -0.1) is 0 Å². The first kappa shape index (κ1) is 19.6. The van der Waals surface area contributed by atoms with Crippen molar-refractivity contribution in [2.75, 3.05) is 19.6 Å². The highest BCUT2D eigenvalue weighted by Gasteiger charge is 2.26. The second-order valence-corrected chi connectivity index (χ2v) is 6.18. The number of carbonyl (C=O) groups is 3. The number of rotatable bonds is 6. The number of amides is 2. The monoisotopic (exact) mass is 383 g/mol. The van der Waals surface area contributed by atoms with E-state index in [9.17, 15) is 24.5 Å². The minimum Gasteiger partial charge on any atom is -0.451 e. The van der Waals surface area contributed by atoms with E-state index in [1.807, 2.05) is 0 Å². The fourth-order valence-corrected chi connectivity index (χ4v) is 2.72. The van der Waals surface area contributed by atoms with Crippen LogP contribution in [-0.2, 0) is 14.3 Å². The maximum atomic E-state index is 12.1. The fourth-order valence-electron chi connectivity index (χ4n) is 2.53. The van der Waals surface area contributed by atoms with Crippen LogP contribution in [0.5, 0.6) is 0 Å². The van der Waals surface area contributed by atoms with Gasteiger partial charge < -0.3 is 15.0 Å². The number of hydrogen-bond donors (Lipinski definition) is 1. The van der Waals surface area contributed by atoms with Gasteiger partial charge in [-0.25, -0.2) is 0 Å². The topological polar surface area (TPSA) is 119 Å². The Morgan fingerprint density at radius 3 is 2.62 bits per heavy atom. The Morgan fingerprint density at radius 2 is 2.00 bits per heavy atom. The number of halogens is 1. The van der Waals surface area contributed by atoms with E-state index in [0.717, 1.165) is 18.9 Å². The summed E-state index contributed by atoms with van der Waals surface area (Å²) in [7, 11) is 0. The third kappa shape index (κ3) is 4.92. The SMILES string of the molecule is C[C@H](OC(=O)CNC(=O)c1ccc(Cl)c([N+](=O)[O-])c1)C(=O)N1CCCC1. The number of hydrogen-bond acceptors (Lipinski definition) is 6. The van der Waals surface area contributed by atoms with Crippen molar-refractivity contribution in [3.05, 3.63) is 38.9 Å². The van der Waals surface area contributed by atoms with Crippen LogP contribution in [0.3, 0.4) is 0 Å². The highest BCUT2D eigenvalue weighted by Crippen LogP contribution is 2.24. The minimum atomic E-state index is -0.936. The van der Waals surface area contributed by atoms with E-state index in [4.69, 9.17) is 16.3 Å². The minimum absolute atomic E-state index is 0.0184. The average Bonchev–Trinajstić information content (AvgIpc) is 3.13. The molecule has 1 aliphatic rings. The van der Waals surface area contributed by atoms with Gasteiger partial charge in [-0.2, -0.15) is 0 Å². The Morgan fingerprint density at radius 1 is 1.35 bits per heavy atom. The predicted molar refractivity (Wildman–Crippen MR) is 91.8 cm³/mol. The van der Waals surface area contributed by atoms with E-state index < -0.39 is 35.1 Å². The molecule has 0 radical (unpaired) electrons. The lowest BCUT2D eigenvalue weighted by atomic mass is 10.2. The van der Waals surface area contributed by atoms with Gasteiger partial charge in [-0.05, 0) is 31.9 Å². The van der Waals surface area contributed by atoms with Crippen LogP contribution in [0.15, 0.2) is 18.2 Å². The molecule has 1 heterocycles. The van der Waals surface area contributed by atoms with Crippen molar-refractivity contribution in [3.8, 4) is 0 Å². The Labute approximate surface area is 154 Å². The lowest BCUT2D eigenvalue weighted by Crippen LogP contribution is -2.40. The number of nitro benzene ring substituents is 1.